The van der Waals surface area contributed by atoms with Gasteiger partial charge < -0.3 is 11.1 Å². The molecule has 2 rings (SSSR count). The maximum atomic E-state index is 13.1. The molecule has 1 fully saturated rings. The van der Waals surface area contributed by atoms with Gasteiger partial charge in [0.05, 0.1) is 0 Å². The third-order valence-corrected chi connectivity index (χ3v) is 3.57. The molecule has 1 aliphatic rings. The molecule has 1 atom stereocenters. The van der Waals surface area contributed by atoms with Crippen LogP contribution in [0.2, 0.25) is 0 Å². The fourth-order valence-electron chi connectivity index (χ4n) is 2.65. The van der Waals surface area contributed by atoms with Gasteiger partial charge >= 0.3 is 0 Å². The fraction of sp³-hybridized carbons (Fsp3) is 0.500. The summed E-state index contributed by atoms with van der Waals surface area (Å²) in [6, 6.07) is 5.74. The standard InChI is InChI=1S/C14H19FN2O/c15-11-7-4-8-12(9-11)17-13(14(16)18)10-5-2-1-3-6-10/h4,7-10,13,17H,1-3,5-6H2,(H2,16,18). The Morgan fingerprint density at radius 1 is 1.33 bits per heavy atom. The summed E-state index contributed by atoms with van der Waals surface area (Å²) in [6.07, 6.45) is 5.52. The van der Waals surface area contributed by atoms with Gasteiger partial charge in [0.1, 0.15) is 11.9 Å². The van der Waals surface area contributed by atoms with E-state index < -0.39 is 6.04 Å². The number of halogens is 1. The smallest absolute Gasteiger partial charge is 0.240 e. The summed E-state index contributed by atoms with van der Waals surface area (Å²) in [5, 5.41) is 3.07. The zero-order valence-electron chi connectivity index (χ0n) is 10.4. The van der Waals surface area contributed by atoms with Crippen molar-refractivity contribution in [2.24, 2.45) is 11.7 Å². The molecule has 1 unspecified atom stereocenters. The Morgan fingerprint density at radius 2 is 2.06 bits per heavy atom. The summed E-state index contributed by atoms with van der Waals surface area (Å²) in [4.78, 5) is 11.6. The highest BCUT2D eigenvalue weighted by Gasteiger charge is 2.27. The van der Waals surface area contributed by atoms with E-state index in [1.54, 1.807) is 12.1 Å². The monoisotopic (exact) mass is 250 g/mol. The van der Waals surface area contributed by atoms with E-state index in [4.69, 9.17) is 5.73 Å². The molecular formula is C14H19FN2O. The third kappa shape index (κ3) is 3.22. The predicted octanol–water partition coefficient (Wildman–Crippen LogP) is 2.67. The molecule has 3 N–H and O–H groups in total. The SMILES string of the molecule is NC(=O)C(Nc1cccc(F)c1)C1CCCCC1. The number of carbonyl (C=O) groups excluding carboxylic acids is 1. The predicted molar refractivity (Wildman–Crippen MR) is 69.6 cm³/mol. The van der Waals surface area contributed by atoms with Gasteiger partial charge in [-0.15, -0.1) is 0 Å². The van der Waals surface area contributed by atoms with Crippen molar-refractivity contribution < 1.29 is 9.18 Å². The van der Waals surface area contributed by atoms with Gasteiger partial charge in [0, 0.05) is 5.69 Å². The maximum absolute atomic E-state index is 13.1. The second-order valence-electron chi connectivity index (χ2n) is 4.93. The molecule has 4 heteroatoms. The van der Waals surface area contributed by atoms with Crippen LogP contribution in [-0.4, -0.2) is 11.9 Å². The van der Waals surface area contributed by atoms with Crippen LogP contribution in [0.5, 0.6) is 0 Å². The Kier molecular flexibility index (Phi) is 4.18. The van der Waals surface area contributed by atoms with Gasteiger partial charge in [0.25, 0.3) is 0 Å². The minimum absolute atomic E-state index is 0.263. The zero-order valence-corrected chi connectivity index (χ0v) is 10.4. The Morgan fingerprint density at radius 3 is 2.67 bits per heavy atom. The largest absolute Gasteiger partial charge is 0.373 e. The number of rotatable bonds is 4. The first kappa shape index (κ1) is 12.9. The highest BCUT2D eigenvalue weighted by molar-refractivity contribution is 5.83. The zero-order chi connectivity index (χ0) is 13.0. The highest BCUT2D eigenvalue weighted by Crippen LogP contribution is 2.28. The lowest BCUT2D eigenvalue weighted by atomic mass is 9.83. The maximum Gasteiger partial charge on any atom is 0.240 e. The topological polar surface area (TPSA) is 55.1 Å². The van der Waals surface area contributed by atoms with Crippen molar-refractivity contribution >= 4 is 11.6 Å². The number of primary amides is 1. The Bertz CT molecular complexity index is 416. The van der Waals surface area contributed by atoms with E-state index in [1.165, 1.54) is 18.6 Å². The summed E-state index contributed by atoms with van der Waals surface area (Å²) >= 11 is 0. The van der Waals surface area contributed by atoms with Gasteiger partial charge in [-0.3, -0.25) is 4.79 Å². The van der Waals surface area contributed by atoms with Crippen LogP contribution >= 0.6 is 0 Å². The lowest BCUT2D eigenvalue weighted by Crippen LogP contribution is -2.42. The van der Waals surface area contributed by atoms with E-state index in [0.717, 1.165) is 25.7 Å². The molecule has 0 saturated heterocycles. The molecule has 0 aromatic heterocycles. The lowest BCUT2D eigenvalue weighted by Gasteiger charge is -2.29. The first-order valence-corrected chi connectivity index (χ1v) is 6.48. The van der Waals surface area contributed by atoms with Crippen LogP contribution in [0.3, 0.4) is 0 Å². The first-order chi connectivity index (χ1) is 8.66. The fourth-order valence-corrected chi connectivity index (χ4v) is 2.65. The molecule has 0 bridgehead atoms. The number of amides is 1. The normalized spacial score (nSPS) is 18.3. The molecule has 18 heavy (non-hydrogen) atoms. The van der Waals surface area contributed by atoms with Crippen molar-refractivity contribution in [1.82, 2.24) is 0 Å². The minimum atomic E-state index is -0.396. The molecule has 0 heterocycles. The van der Waals surface area contributed by atoms with E-state index in [-0.39, 0.29) is 17.6 Å². The number of nitrogens with two attached hydrogens (primary N) is 1. The molecule has 1 amide bonds. The van der Waals surface area contributed by atoms with Crippen LogP contribution in [0.1, 0.15) is 32.1 Å². The van der Waals surface area contributed by atoms with Gasteiger partial charge in [-0.25, -0.2) is 4.39 Å². The molecule has 0 spiro atoms. The summed E-state index contributed by atoms with van der Waals surface area (Å²) in [7, 11) is 0. The lowest BCUT2D eigenvalue weighted by molar-refractivity contribution is -0.120. The first-order valence-electron chi connectivity index (χ1n) is 6.48. The van der Waals surface area contributed by atoms with Crippen LogP contribution < -0.4 is 11.1 Å². The second kappa shape index (κ2) is 5.85. The minimum Gasteiger partial charge on any atom is -0.373 e. The molecule has 1 aliphatic carbocycles. The van der Waals surface area contributed by atoms with Crippen molar-refractivity contribution in [3.8, 4) is 0 Å². The van der Waals surface area contributed by atoms with Gasteiger partial charge in [0.15, 0.2) is 0 Å². The number of anilines is 1. The summed E-state index contributed by atoms with van der Waals surface area (Å²) in [6.45, 7) is 0. The Hall–Kier alpha value is -1.58. The molecule has 0 aliphatic heterocycles. The summed E-state index contributed by atoms with van der Waals surface area (Å²) in [5.41, 5.74) is 6.07. The van der Waals surface area contributed by atoms with Crippen LogP contribution in [0, 0.1) is 11.7 Å². The van der Waals surface area contributed by atoms with Gasteiger partial charge in [-0.1, -0.05) is 25.3 Å². The van der Waals surface area contributed by atoms with Gasteiger partial charge in [0.2, 0.25) is 5.91 Å². The molecule has 0 radical (unpaired) electrons. The Labute approximate surface area is 107 Å². The highest BCUT2D eigenvalue weighted by atomic mass is 19.1. The summed E-state index contributed by atoms with van der Waals surface area (Å²) < 4.78 is 13.1. The average molecular weight is 250 g/mol. The van der Waals surface area contributed by atoms with Crippen molar-refractivity contribution in [1.29, 1.82) is 0 Å². The third-order valence-electron chi connectivity index (χ3n) is 3.57. The number of hydrogen-bond donors (Lipinski definition) is 2. The molecule has 1 aromatic rings. The van der Waals surface area contributed by atoms with Gasteiger partial charge in [-0.2, -0.15) is 0 Å². The van der Waals surface area contributed by atoms with E-state index in [9.17, 15) is 9.18 Å². The summed E-state index contributed by atoms with van der Waals surface area (Å²) in [5.74, 6) is -0.405. The molecule has 1 saturated carbocycles. The van der Waals surface area contributed by atoms with E-state index in [1.807, 2.05) is 0 Å². The average Bonchev–Trinajstić information content (AvgIpc) is 2.37. The second-order valence-corrected chi connectivity index (χ2v) is 4.93. The van der Waals surface area contributed by atoms with E-state index in [2.05, 4.69) is 5.32 Å². The molecule has 3 nitrogen and oxygen atoms in total. The van der Waals surface area contributed by atoms with Crippen LogP contribution in [0.25, 0.3) is 0 Å². The molecule has 98 valence electrons. The van der Waals surface area contributed by atoms with Crippen molar-refractivity contribution in [3.63, 3.8) is 0 Å². The van der Waals surface area contributed by atoms with Crippen molar-refractivity contribution in [2.45, 2.75) is 38.1 Å². The van der Waals surface area contributed by atoms with E-state index in [0.29, 0.717) is 5.69 Å². The van der Waals surface area contributed by atoms with Crippen LogP contribution in [0.4, 0.5) is 10.1 Å². The number of benzene rings is 1. The number of nitrogens with one attached hydrogen (secondary N) is 1. The van der Waals surface area contributed by atoms with Crippen molar-refractivity contribution in [2.75, 3.05) is 5.32 Å². The number of hydrogen-bond acceptors (Lipinski definition) is 2. The van der Waals surface area contributed by atoms with Crippen LogP contribution in [0.15, 0.2) is 24.3 Å². The van der Waals surface area contributed by atoms with Crippen LogP contribution in [-0.2, 0) is 4.79 Å². The molecule has 1 aromatic carbocycles. The number of carbonyl (C=O) groups is 1. The molecular weight excluding hydrogens is 231 g/mol. The van der Waals surface area contributed by atoms with E-state index >= 15 is 0 Å². The Balaban J connectivity index is 2.08. The van der Waals surface area contributed by atoms with Crippen molar-refractivity contribution in [3.05, 3.63) is 30.1 Å². The quantitative estimate of drug-likeness (QED) is 0.863. The van der Waals surface area contributed by atoms with Gasteiger partial charge in [-0.05, 0) is 37.0 Å².